The molecule has 126 valence electrons. The predicted molar refractivity (Wildman–Crippen MR) is 85.6 cm³/mol. The molecule has 2 aromatic rings. The van der Waals surface area contributed by atoms with Gasteiger partial charge in [0.25, 0.3) is 5.91 Å². The molecule has 0 aromatic carbocycles. The smallest absolute Gasteiger partial charge is 0.276 e. The molecule has 24 heavy (non-hydrogen) atoms. The van der Waals surface area contributed by atoms with Gasteiger partial charge in [0, 0.05) is 0 Å². The highest BCUT2D eigenvalue weighted by molar-refractivity contribution is 5.78. The maximum atomic E-state index is 12.5. The summed E-state index contributed by atoms with van der Waals surface area (Å²) in [5.41, 5.74) is -0.683. The third kappa shape index (κ3) is 4.06. The molecule has 0 aliphatic heterocycles. The van der Waals surface area contributed by atoms with Crippen LogP contribution in [-0.2, 0) is 17.9 Å². The lowest BCUT2D eigenvalue weighted by atomic mass is 10.00. The monoisotopic (exact) mass is 328 g/mol. The third-order valence-corrected chi connectivity index (χ3v) is 4.47. The molecule has 2 heterocycles. The number of nitriles is 1. The van der Waals surface area contributed by atoms with Crippen molar-refractivity contribution in [3.8, 4) is 6.07 Å². The van der Waals surface area contributed by atoms with Crippen LogP contribution < -0.4 is 10.2 Å². The lowest BCUT2D eigenvalue weighted by Gasteiger charge is -2.24. The van der Waals surface area contributed by atoms with Gasteiger partial charge in [-0.05, 0) is 49.9 Å². The van der Waals surface area contributed by atoms with Crippen LogP contribution in [0.4, 0.5) is 0 Å². The van der Waals surface area contributed by atoms with Gasteiger partial charge >= 0.3 is 0 Å². The standard InChI is InChI=1S/C18H21N3O3/c19-14-18(7-1-2-8-18)20-17(22)13-21(11-15-5-3-9-23-15)12-16-6-4-10-24-16/h3-6,9-10H,1-2,7-8,11-13H2,(H,20,22)/p+1. The molecular weight excluding hydrogens is 306 g/mol. The zero-order chi connectivity index (χ0) is 16.8. The van der Waals surface area contributed by atoms with E-state index in [2.05, 4.69) is 11.4 Å². The van der Waals surface area contributed by atoms with E-state index in [1.807, 2.05) is 24.3 Å². The quantitative estimate of drug-likeness (QED) is 0.805. The highest BCUT2D eigenvalue weighted by Gasteiger charge is 2.36. The maximum absolute atomic E-state index is 12.5. The van der Waals surface area contributed by atoms with Crippen molar-refractivity contribution in [3.05, 3.63) is 48.3 Å². The first-order valence-electron chi connectivity index (χ1n) is 8.30. The molecule has 1 aliphatic rings. The van der Waals surface area contributed by atoms with Gasteiger partial charge in [0.1, 0.15) is 18.6 Å². The Morgan fingerprint density at radius 3 is 2.21 bits per heavy atom. The van der Waals surface area contributed by atoms with Gasteiger partial charge in [0.05, 0.1) is 18.6 Å². The van der Waals surface area contributed by atoms with Crippen molar-refractivity contribution in [1.82, 2.24) is 5.32 Å². The summed E-state index contributed by atoms with van der Waals surface area (Å²) in [6.45, 7) is 1.44. The van der Waals surface area contributed by atoms with E-state index in [0.717, 1.165) is 42.1 Å². The van der Waals surface area contributed by atoms with Crippen molar-refractivity contribution < 1.29 is 18.5 Å². The summed E-state index contributed by atoms with van der Waals surface area (Å²) < 4.78 is 10.8. The highest BCUT2D eigenvalue weighted by atomic mass is 16.3. The van der Waals surface area contributed by atoms with Gasteiger partial charge in [-0.1, -0.05) is 0 Å². The molecule has 6 heteroatoms. The van der Waals surface area contributed by atoms with Crippen molar-refractivity contribution in [3.63, 3.8) is 0 Å². The zero-order valence-corrected chi connectivity index (χ0v) is 13.6. The molecule has 6 nitrogen and oxygen atoms in total. The molecule has 1 amide bonds. The number of quaternary nitrogens is 1. The van der Waals surface area contributed by atoms with E-state index < -0.39 is 5.54 Å². The van der Waals surface area contributed by atoms with E-state index in [4.69, 9.17) is 8.83 Å². The number of furan rings is 2. The average molecular weight is 328 g/mol. The fraction of sp³-hybridized carbons (Fsp3) is 0.444. The third-order valence-electron chi connectivity index (χ3n) is 4.47. The average Bonchev–Trinajstić information content (AvgIpc) is 3.29. The van der Waals surface area contributed by atoms with Gasteiger partial charge in [-0.3, -0.25) is 4.79 Å². The first kappa shape index (κ1) is 16.3. The SMILES string of the molecule is N#CC1(NC(=O)C[NH+](Cc2ccco2)Cc2ccco2)CCCC1. The van der Waals surface area contributed by atoms with Gasteiger partial charge in [-0.15, -0.1) is 0 Å². The van der Waals surface area contributed by atoms with Crippen molar-refractivity contribution >= 4 is 5.91 Å². The minimum absolute atomic E-state index is 0.105. The first-order chi connectivity index (χ1) is 11.7. The summed E-state index contributed by atoms with van der Waals surface area (Å²) in [7, 11) is 0. The van der Waals surface area contributed by atoms with Crippen molar-refractivity contribution in [2.24, 2.45) is 0 Å². The van der Waals surface area contributed by atoms with Crippen molar-refractivity contribution in [1.29, 1.82) is 5.26 Å². The van der Waals surface area contributed by atoms with Crippen LogP contribution in [0.3, 0.4) is 0 Å². The largest absolute Gasteiger partial charge is 0.463 e. The van der Waals surface area contributed by atoms with Gasteiger partial charge in [-0.25, -0.2) is 0 Å². The Morgan fingerprint density at radius 1 is 1.17 bits per heavy atom. The molecule has 2 N–H and O–H groups in total. The molecule has 1 aliphatic carbocycles. The molecule has 0 spiro atoms. The molecule has 0 atom stereocenters. The number of rotatable bonds is 7. The summed E-state index contributed by atoms with van der Waals surface area (Å²) in [5, 5.41) is 12.4. The number of hydrogen-bond donors (Lipinski definition) is 2. The Labute approximate surface area is 141 Å². The molecule has 0 bridgehead atoms. The number of nitrogens with one attached hydrogen (secondary N) is 2. The zero-order valence-electron chi connectivity index (χ0n) is 13.6. The van der Waals surface area contributed by atoms with Gasteiger partial charge in [-0.2, -0.15) is 5.26 Å². The van der Waals surface area contributed by atoms with Gasteiger partial charge in [0.15, 0.2) is 18.1 Å². The van der Waals surface area contributed by atoms with Crippen LogP contribution in [0.1, 0.15) is 37.2 Å². The molecule has 1 fully saturated rings. The maximum Gasteiger partial charge on any atom is 0.276 e. The fourth-order valence-corrected chi connectivity index (χ4v) is 3.29. The van der Waals surface area contributed by atoms with E-state index in [0.29, 0.717) is 13.1 Å². The lowest BCUT2D eigenvalue weighted by molar-refractivity contribution is -0.921. The number of hydrogen-bond acceptors (Lipinski definition) is 4. The summed E-state index contributed by atoms with van der Waals surface area (Å²) in [6.07, 6.45) is 6.71. The Morgan fingerprint density at radius 2 is 1.75 bits per heavy atom. The van der Waals surface area contributed by atoms with Crippen LogP contribution in [-0.4, -0.2) is 18.0 Å². The Hall–Kier alpha value is -2.52. The van der Waals surface area contributed by atoms with Crippen LogP contribution in [0.25, 0.3) is 0 Å². The van der Waals surface area contributed by atoms with Crippen LogP contribution in [0, 0.1) is 11.3 Å². The van der Waals surface area contributed by atoms with Crippen molar-refractivity contribution in [2.75, 3.05) is 6.54 Å². The molecule has 0 radical (unpaired) electrons. The van der Waals surface area contributed by atoms with E-state index in [1.165, 1.54) is 0 Å². The van der Waals surface area contributed by atoms with Crippen LogP contribution >= 0.6 is 0 Å². The normalized spacial score (nSPS) is 16.2. The van der Waals surface area contributed by atoms with E-state index >= 15 is 0 Å². The molecule has 0 unspecified atom stereocenters. The predicted octanol–water partition coefficient (Wildman–Crippen LogP) is 1.41. The Bertz CT molecular complexity index is 643. The summed E-state index contributed by atoms with van der Waals surface area (Å²) >= 11 is 0. The van der Waals surface area contributed by atoms with Gasteiger partial charge in [0.2, 0.25) is 0 Å². The van der Waals surface area contributed by atoms with Crippen molar-refractivity contribution in [2.45, 2.75) is 44.3 Å². The molecule has 3 rings (SSSR count). The minimum Gasteiger partial charge on any atom is -0.463 e. The number of nitrogens with zero attached hydrogens (tertiary/aromatic N) is 1. The van der Waals surface area contributed by atoms with Crippen LogP contribution in [0.2, 0.25) is 0 Å². The topological polar surface area (TPSA) is 83.6 Å². The molecular formula is C18H22N3O3+. The lowest BCUT2D eigenvalue weighted by Crippen LogP contribution is -3.10. The number of amides is 1. The second kappa shape index (κ2) is 7.37. The second-order valence-electron chi connectivity index (χ2n) is 6.39. The number of carbonyl (C=O) groups is 1. The van der Waals surface area contributed by atoms with E-state index in [1.54, 1.807) is 12.5 Å². The van der Waals surface area contributed by atoms with Crippen LogP contribution in [0.5, 0.6) is 0 Å². The Kier molecular flexibility index (Phi) is 5.02. The highest BCUT2D eigenvalue weighted by Crippen LogP contribution is 2.28. The number of carbonyl (C=O) groups excluding carboxylic acids is 1. The molecule has 2 aromatic heterocycles. The minimum atomic E-state index is -0.683. The molecule has 0 saturated heterocycles. The Balaban J connectivity index is 1.64. The van der Waals surface area contributed by atoms with E-state index in [9.17, 15) is 10.1 Å². The summed E-state index contributed by atoms with van der Waals surface area (Å²) in [5.74, 6) is 1.53. The second-order valence-corrected chi connectivity index (χ2v) is 6.39. The van der Waals surface area contributed by atoms with Gasteiger partial charge < -0.3 is 19.1 Å². The van der Waals surface area contributed by atoms with Crippen LogP contribution in [0.15, 0.2) is 45.6 Å². The summed E-state index contributed by atoms with van der Waals surface area (Å²) in [6, 6.07) is 9.76. The molecule has 1 saturated carbocycles. The fourth-order valence-electron chi connectivity index (χ4n) is 3.29. The van der Waals surface area contributed by atoms with E-state index in [-0.39, 0.29) is 12.5 Å². The first-order valence-corrected chi connectivity index (χ1v) is 8.30. The summed E-state index contributed by atoms with van der Waals surface area (Å²) in [4.78, 5) is 13.5.